The van der Waals surface area contributed by atoms with E-state index in [0.717, 1.165) is 6.42 Å². The zero-order chi connectivity index (χ0) is 12.1. The second-order valence-corrected chi connectivity index (χ2v) is 4.34. The van der Waals surface area contributed by atoms with Crippen LogP contribution in [0.1, 0.15) is 15.9 Å². The van der Waals surface area contributed by atoms with Gasteiger partial charge in [0.1, 0.15) is 5.56 Å². The first-order valence-corrected chi connectivity index (χ1v) is 6.18. The van der Waals surface area contributed by atoms with Crippen molar-refractivity contribution in [2.24, 2.45) is 0 Å². The van der Waals surface area contributed by atoms with Crippen LogP contribution in [0.3, 0.4) is 0 Å². The van der Waals surface area contributed by atoms with Crippen LogP contribution < -0.4 is 10.7 Å². The number of thiophene rings is 1. The Kier molecular flexibility index (Phi) is 3.72. The van der Waals surface area contributed by atoms with Gasteiger partial charge in [-0.05, 0) is 28.8 Å². The molecule has 0 aliphatic heterocycles. The highest BCUT2D eigenvalue weighted by Crippen LogP contribution is 2.05. The molecule has 0 spiro atoms. The summed E-state index contributed by atoms with van der Waals surface area (Å²) in [5, 5.41) is 6.77. The third-order valence-electron chi connectivity index (χ3n) is 2.35. The van der Waals surface area contributed by atoms with Crippen LogP contribution in [0.4, 0.5) is 0 Å². The third-order valence-corrected chi connectivity index (χ3v) is 3.08. The van der Waals surface area contributed by atoms with Gasteiger partial charge in [0.25, 0.3) is 5.91 Å². The summed E-state index contributed by atoms with van der Waals surface area (Å²) >= 11 is 1.63. The molecule has 2 rings (SSSR count). The molecule has 88 valence electrons. The zero-order valence-corrected chi connectivity index (χ0v) is 9.92. The largest absolute Gasteiger partial charge is 0.367 e. The second kappa shape index (κ2) is 5.45. The first-order valence-electron chi connectivity index (χ1n) is 5.24. The fraction of sp³-hybridized carbons (Fsp3) is 0.167. The van der Waals surface area contributed by atoms with E-state index in [1.54, 1.807) is 11.3 Å². The topological polar surface area (TPSA) is 62.0 Å². The van der Waals surface area contributed by atoms with Gasteiger partial charge in [-0.3, -0.25) is 9.59 Å². The number of pyridine rings is 1. The molecule has 1 amide bonds. The molecular weight excluding hydrogens is 236 g/mol. The summed E-state index contributed by atoms with van der Waals surface area (Å²) in [7, 11) is 0. The Bertz CT molecular complexity index is 546. The lowest BCUT2D eigenvalue weighted by Gasteiger charge is -2.03. The van der Waals surface area contributed by atoms with E-state index in [2.05, 4.69) is 10.3 Å². The molecule has 0 radical (unpaired) electrons. The molecule has 0 fully saturated rings. The molecule has 0 saturated carbocycles. The molecule has 0 bridgehead atoms. The van der Waals surface area contributed by atoms with Crippen LogP contribution in [-0.2, 0) is 6.42 Å². The Morgan fingerprint density at radius 2 is 2.29 bits per heavy atom. The van der Waals surface area contributed by atoms with Crippen molar-refractivity contribution < 1.29 is 4.79 Å². The first-order chi connectivity index (χ1) is 8.27. The summed E-state index contributed by atoms with van der Waals surface area (Å²) < 4.78 is 0. The van der Waals surface area contributed by atoms with Crippen LogP contribution >= 0.6 is 11.3 Å². The Hall–Kier alpha value is -1.88. The number of H-pyrrole nitrogens is 1. The predicted molar refractivity (Wildman–Crippen MR) is 67.4 cm³/mol. The minimum absolute atomic E-state index is 0.151. The molecule has 0 aliphatic carbocycles. The number of hydrogen-bond acceptors (Lipinski definition) is 3. The number of rotatable bonds is 4. The number of aromatic amines is 1. The highest BCUT2D eigenvalue weighted by atomic mass is 32.1. The lowest BCUT2D eigenvalue weighted by Crippen LogP contribution is -2.29. The van der Waals surface area contributed by atoms with Crippen molar-refractivity contribution in [1.29, 1.82) is 0 Å². The van der Waals surface area contributed by atoms with Crippen molar-refractivity contribution >= 4 is 17.2 Å². The van der Waals surface area contributed by atoms with Crippen molar-refractivity contribution in [2.45, 2.75) is 6.42 Å². The van der Waals surface area contributed by atoms with Crippen LogP contribution in [0.15, 0.2) is 40.1 Å². The van der Waals surface area contributed by atoms with Gasteiger partial charge in [0.15, 0.2) is 5.43 Å². The van der Waals surface area contributed by atoms with Gasteiger partial charge in [-0.15, -0.1) is 0 Å². The van der Waals surface area contributed by atoms with Crippen molar-refractivity contribution in [3.8, 4) is 0 Å². The highest BCUT2D eigenvalue weighted by molar-refractivity contribution is 7.07. The maximum Gasteiger partial charge on any atom is 0.256 e. The van der Waals surface area contributed by atoms with Crippen LogP contribution in [-0.4, -0.2) is 17.4 Å². The number of hydrogen-bond donors (Lipinski definition) is 2. The van der Waals surface area contributed by atoms with E-state index in [-0.39, 0.29) is 16.9 Å². The number of amides is 1. The van der Waals surface area contributed by atoms with Crippen LogP contribution in [0.2, 0.25) is 0 Å². The summed E-state index contributed by atoms with van der Waals surface area (Å²) in [5.41, 5.74) is 1.08. The average Bonchev–Trinajstić information content (AvgIpc) is 2.82. The zero-order valence-electron chi connectivity index (χ0n) is 9.10. The van der Waals surface area contributed by atoms with Gasteiger partial charge in [0.05, 0.1) is 0 Å². The van der Waals surface area contributed by atoms with Crippen LogP contribution in [0, 0.1) is 0 Å². The maximum absolute atomic E-state index is 11.7. The molecule has 4 nitrogen and oxygen atoms in total. The van der Waals surface area contributed by atoms with Gasteiger partial charge in [0, 0.05) is 25.0 Å². The molecule has 2 N–H and O–H groups in total. The van der Waals surface area contributed by atoms with Crippen molar-refractivity contribution in [3.05, 3.63) is 56.6 Å². The summed E-state index contributed by atoms with van der Waals surface area (Å²) in [6.45, 7) is 0.532. The molecule has 17 heavy (non-hydrogen) atoms. The number of carbonyl (C=O) groups is 1. The van der Waals surface area contributed by atoms with Crippen LogP contribution in [0.25, 0.3) is 0 Å². The molecule has 2 aromatic heterocycles. The Balaban J connectivity index is 1.90. The van der Waals surface area contributed by atoms with Crippen molar-refractivity contribution in [3.63, 3.8) is 0 Å². The number of aromatic nitrogens is 1. The molecule has 0 atom stereocenters. The quantitative estimate of drug-likeness (QED) is 0.859. The van der Waals surface area contributed by atoms with Gasteiger partial charge < -0.3 is 10.3 Å². The average molecular weight is 248 g/mol. The molecule has 0 aromatic carbocycles. The molecule has 0 saturated heterocycles. The summed E-state index contributed by atoms with van der Waals surface area (Å²) in [5.74, 6) is -0.331. The Morgan fingerprint density at radius 1 is 1.41 bits per heavy atom. The minimum atomic E-state index is -0.331. The molecular formula is C12H12N2O2S. The monoisotopic (exact) mass is 248 g/mol. The fourth-order valence-electron chi connectivity index (χ4n) is 1.44. The van der Waals surface area contributed by atoms with Crippen LogP contribution in [0.5, 0.6) is 0 Å². The van der Waals surface area contributed by atoms with Crippen molar-refractivity contribution in [2.75, 3.05) is 6.54 Å². The van der Waals surface area contributed by atoms with Gasteiger partial charge in [0.2, 0.25) is 0 Å². The van der Waals surface area contributed by atoms with E-state index in [0.29, 0.717) is 6.54 Å². The predicted octanol–water partition coefficient (Wildman–Crippen LogP) is 1.41. The van der Waals surface area contributed by atoms with Crippen molar-refractivity contribution in [1.82, 2.24) is 10.3 Å². The Labute approximate surface area is 102 Å². The minimum Gasteiger partial charge on any atom is -0.367 e. The summed E-state index contributed by atoms with van der Waals surface area (Å²) in [6.07, 6.45) is 3.70. The third kappa shape index (κ3) is 3.04. The van der Waals surface area contributed by atoms with Gasteiger partial charge in [-0.1, -0.05) is 0 Å². The van der Waals surface area contributed by atoms with Gasteiger partial charge in [-0.25, -0.2) is 0 Å². The molecule has 0 unspecified atom stereocenters. The lowest BCUT2D eigenvalue weighted by molar-refractivity contribution is 0.0952. The van der Waals surface area contributed by atoms with E-state index in [1.165, 1.54) is 24.0 Å². The van der Waals surface area contributed by atoms with Gasteiger partial charge >= 0.3 is 0 Å². The van der Waals surface area contributed by atoms with E-state index >= 15 is 0 Å². The second-order valence-electron chi connectivity index (χ2n) is 3.56. The Morgan fingerprint density at radius 3 is 3.00 bits per heavy atom. The van der Waals surface area contributed by atoms with E-state index in [1.807, 2.05) is 16.8 Å². The molecule has 2 aromatic rings. The smallest absolute Gasteiger partial charge is 0.256 e. The number of nitrogens with one attached hydrogen (secondary N) is 2. The van der Waals surface area contributed by atoms with Gasteiger partial charge in [-0.2, -0.15) is 11.3 Å². The van der Waals surface area contributed by atoms with E-state index in [9.17, 15) is 9.59 Å². The van der Waals surface area contributed by atoms with E-state index < -0.39 is 0 Å². The summed E-state index contributed by atoms with van der Waals surface area (Å²) in [4.78, 5) is 25.8. The molecule has 5 heteroatoms. The first kappa shape index (κ1) is 11.6. The molecule has 0 aliphatic rings. The SMILES string of the molecule is O=C(NCCc1ccsc1)c1c[nH]ccc1=O. The normalized spacial score (nSPS) is 10.1. The van der Waals surface area contributed by atoms with E-state index in [4.69, 9.17) is 0 Å². The standard InChI is InChI=1S/C12H12N2O2S/c15-11-2-4-13-7-10(11)12(16)14-5-1-9-3-6-17-8-9/h2-4,6-8H,1,5H2,(H,13,15)(H,14,16). The highest BCUT2D eigenvalue weighted by Gasteiger charge is 2.08. The summed E-state index contributed by atoms with van der Waals surface area (Å²) in [6, 6.07) is 3.36. The number of carbonyl (C=O) groups excluding carboxylic acids is 1. The lowest BCUT2D eigenvalue weighted by atomic mass is 10.2. The maximum atomic E-state index is 11.7. The molecule has 2 heterocycles. The fourth-order valence-corrected chi connectivity index (χ4v) is 2.15.